The monoisotopic (exact) mass is 192 g/mol. The van der Waals surface area contributed by atoms with Gasteiger partial charge in [0.2, 0.25) is 6.54 Å². The van der Waals surface area contributed by atoms with Crippen LogP contribution in [0, 0.1) is 6.57 Å². The van der Waals surface area contributed by atoms with Gasteiger partial charge in [-0.1, -0.05) is 20.8 Å². The Morgan fingerprint density at radius 2 is 2.21 bits per heavy atom. The molecule has 14 heavy (non-hydrogen) atoms. The molecule has 2 N–H and O–H groups in total. The average Bonchev–Trinajstić information content (AvgIpc) is 2.43. The summed E-state index contributed by atoms with van der Waals surface area (Å²) < 4.78 is 1.69. The van der Waals surface area contributed by atoms with Crippen molar-refractivity contribution in [3.63, 3.8) is 0 Å². The summed E-state index contributed by atoms with van der Waals surface area (Å²) in [5, 5.41) is 4.37. The van der Waals surface area contributed by atoms with Gasteiger partial charge in [0.25, 0.3) is 0 Å². The number of hydrogen-bond acceptors (Lipinski definition) is 2. The normalized spacial score (nSPS) is 11.3. The SMILES string of the molecule is [C-]#[N+]CCn1nc(C(C)(C)C)cc1N. The molecule has 4 heteroatoms. The van der Waals surface area contributed by atoms with Gasteiger partial charge in [0.05, 0.1) is 5.69 Å². The summed E-state index contributed by atoms with van der Waals surface area (Å²) >= 11 is 0. The summed E-state index contributed by atoms with van der Waals surface area (Å²) in [5.74, 6) is 0.638. The number of nitrogens with zero attached hydrogens (tertiary/aromatic N) is 3. The van der Waals surface area contributed by atoms with Gasteiger partial charge in [0, 0.05) is 11.5 Å². The van der Waals surface area contributed by atoms with Crippen molar-refractivity contribution in [2.75, 3.05) is 12.3 Å². The van der Waals surface area contributed by atoms with Crippen molar-refractivity contribution in [3.05, 3.63) is 23.2 Å². The van der Waals surface area contributed by atoms with Crippen molar-refractivity contribution in [2.24, 2.45) is 0 Å². The van der Waals surface area contributed by atoms with Gasteiger partial charge in [-0.3, -0.25) is 0 Å². The minimum Gasteiger partial charge on any atom is -0.384 e. The molecule has 0 fully saturated rings. The second kappa shape index (κ2) is 3.70. The Morgan fingerprint density at radius 3 is 2.64 bits per heavy atom. The lowest BCUT2D eigenvalue weighted by atomic mass is 9.92. The third kappa shape index (κ3) is 2.25. The van der Waals surface area contributed by atoms with Gasteiger partial charge in [0.15, 0.2) is 0 Å². The van der Waals surface area contributed by atoms with Crippen LogP contribution in [0.3, 0.4) is 0 Å². The molecule has 0 saturated heterocycles. The Balaban J connectivity index is 2.89. The lowest BCUT2D eigenvalue weighted by Gasteiger charge is -2.13. The predicted molar refractivity (Wildman–Crippen MR) is 56.8 cm³/mol. The molecule has 1 aromatic rings. The van der Waals surface area contributed by atoms with Crippen LogP contribution in [-0.2, 0) is 12.0 Å². The first-order chi connectivity index (χ1) is 6.45. The standard InChI is InChI=1S/C10H16N4/c1-10(2,3)8-7-9(11)14(13-8)6-5-12-4/h7H,5-6,11H2,1-3H3. The smallest absolute Gasteiger partial charge is 0.234 e. The Kier molecular flexibility index (Phi) is 2.80. The molecule has 1 heterocycles. The summed E-state index contributed by atoms with van der Waals surface area (Å²) in [6.45, 7) is 14.0. The summed E-state index contributed by atoms with van der Waals surface area (Å²) in [7, 11) is 0. The van der Waals surface area contributed by atoms with Crippen LogP contribution in [0.4, 0.5) is 5.82 Å². The lowest BCUT2D eigenvalue weighted by Crippen LogP contribution is -2.13. The molecule has 0 spiro atoms. The summed E-state index contributed by atoms with van der Waals surface area (Å²) in [4.78, 5) is 3.28. The second-order valence-electron chi connectivity index (χ2n) is 4.31. The molecule has 0 aromatic carbocycles. The van der Waals surface area contributed by atoms with E-state index < -0.39 is 0 Å². The van der Waals surface area contributed by atoms with Crippen molar-refractivity contribution < 1.29 is 0 Å². The molecule has 0 aliphatic rings. The summed E-state index contributed by atoms with van der Waals surface area (Å²) in [5.41, 5.74) is 6.76. The topological polar surface area (TPSA) is 48.2 Å². The fraction of sp³-hybridized carbons (Fsp3) is 0.600. The third-order valence-electron chi connectivity index (χ3n) is 2.00. The van der Waals surface area contributed by atoms with Crippen LogP contribution in [-0.4, -0.2) is 16.3 Å². The molecule has 0 atom stereocenters. The first-order valence-electron chi connectivity index (χ1n) is 4.62. The van der Waals surface area contributed by atoms with E-state index in [0.717, 1.165) is 5.69 Å². The van der Waals surface area contributed by atoms with Gasteiger partial charge in [-0.2, -0.15) is 5.10 Å². The predicted octanol–water partition coefficient (Wildman–Crippen LogP) is 1.68. The van der Waals surface area contributed by atoms with Crippen LogP contribution in [0.25, 0.3) is 4.85 Å². The maximum atomic E-state index is 6.70. The Labute approximate surface area is 84.5 Å². The van der Waals surface area contributed by atoms with Crippen LogP contribution < -0.4 is 5.73 Å². The van der Waals surface area contributed by atoms with Crippen molar-refractivity contribution >= 4 is 5.82 Å². The van der Waals surface area contributed by atoms with E-state index in [-0.39, 0.29) is 5.41 Å². The molecule has 76 valence electrons. The molecular weight excluding hydrogens is 176 g/mol. The molecule has 0 unspecified atom stereocenters. The Morgan fingerprint density at radius 1 is 1.57 bits per heavy atom. The van der Waals surface area contributed by atoms with Gasteiger partial charge in [-0.05, 0) is 0 Å². The van der Waals surface area contributed by atoms with Crippen LogP contribution in [0.2, 0.25) is 0 Å². The molecule has 0 aliphatic heterocycles. The number of anilines is 1. The number of rotatable bonds is 2. The Hall–Kier alpha value is -1.50. The minimum absolute atomic E-state index is 0.0114. The van der Waals surface area contributed by atoms with Crippen LogP contribution >= 0.6 is 0 Å². The zero-order valence-corrected chi connectivity index (χ0v) is 8.91. The van der Waals surface area contributed by atoms with E-state index in [9.17, 15) is 0 Å². The highest BCUT2D eigenvalue weighted by molar-refractivity contribution is 5.33. The molecule has 0 aliphatic carbocycles. The number of nitrogen functional groups attached to an aromatic ring is 1. The number of aromatic nitrogens is 2. The van der Waals surface area contributed by atoms with E-state index in [2.05, 4.69) is 30.7 Å². The quantitative estimate of drug-likeness (QED) is 0.725. The van der Waals surface area contributed by atoms with E-state index in [4.69, 9.17) is 12.3 Å². The number of nitrogens with two attached hydrogens (primary N) is 1. The van der Waals surface area contributed by atoms with E-state index in [1.807, 2.05) is 6.07 Å². The minimum atomic E-state index is 0.0114. The maximum Gasteiger partial charge on any atom is 0.234 e. The molecular formula is C10H16N4. The van der Waals surface area contributed by atoms with Crippen LogP contribution in [0.15, 0.2) is 6.07 Å². The van der Waals surface area contributed by atoms with Crippen molar-refractivity contribution in [3.8, 4) is 0 Å². The maximum absolute atomic E-state index is 6.70. The van der Waals surface area contributed by atoms with Crippen LogP contribution in [0.5, 0.6) is 0 Å². The lowest BCUT2D eigenvalue weighted by molar-refractivity contribution is 0.540. The number of hydrogen-bond donors (Lipinski definition) is 1. The van der Waals surface area contributed by atoms with Gasteiger partial charge in [0.1, 0.15) is 12.4 Å². The zero-order chi connectivity index (χ0) is 10.8. The fourth-order valence-electron chi connectivity index (χ4n) is 1.12. The molecule has 0 radical (unpaired) electrons. The second-order valence-corrected chi connectivity index (χ2v) is 4.31. The Bertz CT molecular complexity index is 351. The van der Waals surface area contributed by atoms with Gasteiger partial charge >= 0.3 is 0 Å². The van der Waals surface area contributed by atoms with Gasteiger partial charge in [-0.15, -0.1) is 0 Å². The van der Waals surface area contributed by atoms with Crippen LogP contribution in [0.1, 0.15) is 26.5 Å². The average molecular weight is 192 g/mol. The van der Waals surface area contributed by atoms with Crippen molar-refractivity contribution in [1.82, 2.24) is 9.78 Å². The van der Waals surface area contributed by atoms with Gasteiger partial charge in [-0.25, -0.2) is 11.3 Å². The third-order valence-corrected chi connectivity index (χ3v) is 2.00. The van der Waals surface area contributed by atoms with E-state index >= 15 is 0 Å². The molecule has 0 bridgehead atoms. The first-order valence-corrected chi connectivity index (χ1v) is 4.62. The zero-order valence-electron chi connectivity index (χ0n) is 8.91. The van der Waals surface area contributed by atoms with Crippen molar-refractivity contribution in [1.29, 1.82) is 0 Å². The molecule has 4 nitrogen and oxygen atoms in total. The summed E-state index contributed by atoms with van der Waals surface area (Å²) in [6.07, 6.45) is 0. The van der Waals surface area contributed by atoms with E-state index in [0.29, 0.717) is 18.9 Å². The highest BCUT2D eigenvalue weighted by Crippen LogP contribution is 2.22. The molecule has 0 amide bonds. The van der Waals surface area contributed by atoms with Gasteiger partial charge < -0.3 is 10.6 Å². The van der Waals surface area contributed by atoms with E-state index in [1.165, 1.54) is 0 Å². The van der Waals surface area contributed by atoms with E-state index in [1.54, 1.807) is 4.68 Å². The summed E-state index contributed by atoms with van der Waals surface area (Å²) in [6, 6.07) is 1.88. The molecule has 0 saturated carbocycles. The molecule has 1 aromatic heterocycles. The highest BCUT2D eigenvalue weighted by Gasteiger charge is 2.18. The first kappa shape index (κ1) is 10.6. The van der Waals surface area contributed by atoms with Crippen molar-refractivity contribution in [2.45, 2.75) is 32.7 Å². The fourth-order valence-corrected chi connectivity index (χ4v) is 1.12. The largest absolute Gasteiger partial charge is 0.384 e. The highest BCUT2D eigenvalue weighted by atomic mass is 15.3. The molecule has 1 rings (SSSR count).